The molecule has 0 radical (unpaired) electrons. The van der Waals surface area contributed by atoms with Gasteiger partial charge in [0.1, 0.15) is 0 Å². The van der Waals surface area contributed by atoms with Crippen molar-refractivity contribution in [2.75, 3.05) is 33.3 Å². The number of nitrogens with zero attached hydrogens (tertiary/aromatic N) is 1. The highest BCUT2D eigenvalue weighted by molar-refractivity contribution is 7.09. The monoisotopic (exact) mass is 268 g/mol. The van der Waals surface area contributed by atoms with Crippen molar-refractivity contribution in [2.24, 2.45) is 0 Å². The van der Waals surface area contributed by atoms with Gasteiger partial charge in [-0.2, -0.15) is 0 Å². The van der Waals surface area contributed by atoms with Crippen LogP contribution in [0.25, 0.3) is 0 Å². The van der Waals surface area contributed by atoms with Crippen molar-refractivity contribution in [3.8, 4) is 0 Å². The first-order valence-corrected chi connectivity index (χ1v) is 7.73. The van der Waals surface area contributed by atoms with Gasteiger partial charge in [0.15, 0.2) is 0 Å². The highest BCUT2D eigenvalue weighted by Gasteiger charge is 2.26. The zero-order chi connectivity index (χ0) is 12.8. The minimum absolute atomic E-state index is 0.317. The van der Waals surface area contributed by atoms with Crippen LogP contribution in [0.3, 0.4) is 0 Å². The van der Waals surface area contributed by atoms with Crippen LogP contribution in [-0.4, -0.2) is 50.3 Å². The minimum Gasteiger partial charge on any atom is -0.374 e. The second-order valence-electron chi connectivity index (χ2n) is 5.02. The lowest BCUT2D eigenvalue weighted by Gasteiger charge is -2.35. The van der Waals surface area contributed by atoms with E-state index in [0.29, 0.717) is 12.1 Å². The third-order valence-electron chi connectivity index (χ3n) is 3.40. The van der Waals surface area contributed by atoms with Crippen LogP contribution < -0.4 is 5.32 Å². The predicted molar refractivity (Wildman–Crippen MR) is 77.3 cm³/mol. The molecule has 2 rings (SSSR count). The summed E-state index contributed by atoms with van der Waals surface area (Å²) in [4.78, 5) is 3.81. The Morgan fingerprint density at radius 1 is 1.61 bits per heavy atom. The minimum atomic E-state index is 0.317. The SMILES string of the molecule is CCCNC(Cc1cccs1)C1CN(C)CCO1. The van der Waals surface area contributed by atoms with Crippen LogP contribution in [-0.2, 0) is 11.2 Å². The molecule has 102 valence electrons. The van der Waals surface area contributed by atoms with Crippen molar-refractivity contribution in [1.29, 1.82) is 0 Å². The van der Waals surface area contributed by atoms with Gasteiger partial charge in [-0.1, -0.05) is 13.0 Å². The van der Waals surface area contributed by atoms with E-state index in [4.69, 9.17) is 4.74 Å². The summed E-state index contributed by atoms with van der Waals surface area (Å²) in [7, 11) is 2.18. The van der Waals surface area contributed by atoms with Gasteiger partial charge in [-0.25, -0.2) is 0 Å². The highest BCUT2D eigenvalue weighted by atomic mass is 32.1. The van der Waals surface area contributed by atoms with Gasteiger partial charge in [0.05, 0.1) is 12.7 Å². The van der Waals surface area contributed by atoms with E-state index in [1.54, 1.807) is 0 Å². The standard InChI is InChI=1S/C14H24N2OS/c1-3-6-15-13(10-12-5-4-9-18-12)14-11-16(2)7-8-17-14/h4-5,9,13-15H,3,6-8,10-11H2,1-2H3. The second kappa shape index (κ2) is 7.24. The summed E-state index contributed by atoms with van der Waals surface area (Å²) in [5.41, 5.74) is 0. The Bertz CT molecular complexity index is 329. The number of likely N-dealkylation sites (N-methyl/N-ethyl adjacent to an activating group) is 1. The van der Waals surface area contributed by atoms with Crippen LogP contribution in [0.1, 0.15) is 18.2 Å². The first-order valence-electron chi connectivity index (χ1n) is 6.85. The molecule has 1 N–H and O–H groups in total. The molecule has 2 atom stereocenters. The largest absolute Gasteiger partial charge is 0.374 e. The van der Waals surface area contributed by atoms with E-state index in [2.05, 4.69) is 41.7 Å². The number of hydrogen-bond acceptors (Lipinski definition) is 4. The predicted octanol–water partition coefficient (Wildman–Crippen LogP) is 1.99. The number of thiophene rings is 1. The Labute approximate surface area is 114 Å². The second-order valence-corrected chi connectivity index (χ2v) is 6.05. The molecule has 1 saturated heterocycles. The fraction of sp³-hybridized carbons (Fsp3) is 0.714. The molecule has 1 fully saturated rings. The van der Waals surface area contributed by atoms with Gasteiger partial charge in [-0.05, 0) is 37.9 Å². The Hall–Kier alpha value is -0.420. The maximum atomic E-state index is 5.96. The van der Waals surface area contributed by atoms with E-state index in [9.17, 15) is 0 Å². The molecule has 0 spiro atoms. The molecule has 2 heterocycles. The summed E-state index contributed by atoms with van der Waals surface area (Å²) in [6.07, 6.45) is 2.57. The number of morpholine rings is 1. The topological polar surface area (TPSA) is 24.5 Å². The average Bonchev–Trinajstić information content (AvgIpc) is 2.87. The van der Waals surface area contributed by atoms with Gasteiger partial charge in [0.25, 0.3) is 0 Å². The Kier molecular flexibility index (Phi) is 5.63. The molecule has 0 bridgehead atoms. The molecular formula is C14H24N2OS. The zero-order valence-corrected chi connectivity index (χ0v) is 12.2. The van der Waals surface area contributed by atoms with Crippen molar-refractivity contribution in [3.63, 3.8) is 0 Å². The van der Waals surface area contributed by atoms with E-state index in [0.717, 1.165) is 32.7 Å². The fourth-order valence-electron chi connectivity index (χ4n) is 2.36. The molecule has 1 aromatic rings. The average molecular weight is 268 g/mol. The van der Waals surface area contributed by atoms with Crippen molar-refractivity contribution in [3.05, 3.63) is 22.4 Å². The molecule has 0 aliphatic carbocycles. The van der Waals surface area contributed by atoms with Crippen molar-refractivity contribution in [2.45, 2.75) is 31.9 Å². The molecule has 0 saturated carbocycles. The summed E-state index contributed by atoms with van der Waals surface area (Å²) in [5, 5.41) is 5.81. The summed E-state index contributed by atoms with van der Waals surface area (Å²) < 4.78 is 5.96. The van der Waals surface area contributed by atoms with Gasteiger partial charge in [0.2, 0.25) is 0 Å². The molecule has 1 aliphatic rings. The van der Waals surface area contributed by atoms with Crippen LogP contribution in [0.4, 0.5) is 0 Å². The van der Waals surface area contributed by atoms with Gasteiger partial charge in [-0.15, -0.1) is 11.3 Å². The lowest BCUT2D eigenvalue weighted by molar-refractivity contribution is -0.0382. The summed E-state index contributed by atoms with van der Waals surface area (Å²) in [6.45, 7) is 6.22. The molecule has 3 nitrogen and oxygen atoms in total. The maximum Gasteiger partial charge on any atom is 0.0858 e. The quantitative estimate of drug-likeness (QED) is 0.854. The van der Waals surface area contributed by atoms with Gasteiger partial charge < -0.3 is 15.0 Å². The molecular weight excluding hydrogens is 244 g/mol. The number of ether oxygens (including phenoxy) is 1. The van der Waals surface area contributed by atoms with E-state index in [1.807, 2.05) is 11.3 Å². The molecule has 4 heteroatoms. The Morgan fingerprint density at radius 2 is 2.50 bits per heavy atom. The molecule has 1 aromatic heterocycles. The lowest BCUT2D eigenvalue weighted by Crippen LogP contribution is -2.52. The van der Waals surface area contributed by atoms with Gasteiger partial charge in [-0.3, -0.25) is 0 Å². The number of rotatable bonds is 6. The van der Waals surface area contributed by atoms with Crippen LogP contribution in [0.5, 0.6) is 0 Å². The zero-order valence-electron chi connectivity index (χ0n) is 11.4. The lowest BCUT2D eigenvalue weighted by atomic mass is 10.0. The van der Waals surface area contributed by atoms with Crippen molar-refractivity contribution in [1.82, 2.24) is 10.2 Å². The van der Waals surface area contributed by atoms with Crippen LogP contribution >= 0.6 is 11.3 Å². The van der Waals surface area contributed by atoms with Gasteiger partial charge >= 0.3 is 0 Å². The van der Waals surface area contributed by atoms with Crippen molar-refractivity contribution < 1.29 is 4.74 Å². The summed E-state index contributed by atoms with van der Waals surface area (Å²) >= 11 is 1.84. The summed E-state index contributed by atoms with van der Waals surface area (Å²) in [5.74, 6) is 0. The molecule has 0 amide bonds. The number of nitrogens with one attached hydrogen (secondary N) is 1. The maximum absolute atomic E-state index is 5.96. The first-order chi connectivity index (χ1) is 8.79. The normalized spacial score (nSPS) is 23.1. The summed E-state index contributed by atoms with van der Waals surface area (Å²) in [6, 6.07) is 4.79. The van der Waals surface area contributed by atoms with E-state index in [-0.39, 0.29) is 0 Å². The first kappa shape index (κ1) is 14.0. The molecule has 1 aliphatic heterocycles. The molecule has 0 aromatic carbocycles. The van der Waals surface area contributed by atoms with Crippen LogP contribution in [0, 0.1) is 0 Å². The number of hydrogen-bond donors (Lipinski definition) is 1. The smallest absolute Gasteiger partial charge is 0.0858 e. The fourth-order valence-corrected chi connectivity index (χ4v) is 3.13. The molecule has 18 heavy (non-hydrogen) atoms. The van der Waals surface area contributed by atoms with Crippen LogP contribution in [0.2, 0.25) is 0 Å². The Balaban J connectivity index is 1.94. The van der Waals surface area contributed by atoms with E-state index < -0.39 is 0 Å². The van der Waals surface area contributed by atoms with Gasteiger partial charge in [0, 0.05) is 24.0 Å². The van der Waals surface area contributed by atoms with Crippen LogP contribution in [0.15, 0.2) is 17.5 Å². The van der Waals surface area contributed by atoms with E-state index in [1.165, 1.54) is 11.3 Å². The Morgan fingerprint density at radius 3 is 3.17 bits per heavy atom. The molecule has 2 unspecified atom stereocenters. The third kappa shape index (κ3) is 4.05. The van der Waals surface area contributed by atoms with Crippen molar-refractivity contribution >= 4 is 11.3 Å². The third-order valence-corrected chi connectivity index (χ3v) is 4.30. The highest BCUT2D eigenvalue weighted by Crippen LogP contribution is 2.16. The van der Waals surface area contributed by atoms with E-state index >= 15 is 0 Å².